The zero-order valence-electron chi connectivity index (χ0n) is 7.97. The smallest absolute Gasteiger partial charge is 0.0444 e. The van der Waals surface area contributed by atoms with Gasteiger partial charge >= 0.3 is 0 Å². The molecule has 1 aromatic rings. The lowest BCUT2D eigenvalue weighted by molar-refractivity contribution is 0.672. The monoisotopic (exact) mass is 192 g/mol. The lowest BCUT2D eigenvalue weighted by atomic mass is 9.85. The van der Waals surface area contributed by atoms with Crippen molar-refractivity contribution in [3.05, 3.63) is 39.9 Å². The van der Waals surface area contributed by atoms with Crippen LogP contribution in [-0.4, -0.2) is 0 Å². The van der Waals surface area contributed by atoms with Crippen LogP contribution in [0.25, 0.3) is 6.08 Å². The van der Waals surface area contributed by atoms with E-state index in [9.17, 15) is 0 Å². The summed E-state index contributed by atoms with van der Waals surface area (Å²) < 4.78 is 0. The second-order valence-electron chi connectivity index (χ2n) is 3.80. The highest BCUT2D eigenvalue weighted by molar-refractivity contribution is 6.31. The summed E-state index contributed by atoms with van der Waals surface area (Å²) >= 11 is 6.13. The molecule has 1 aliphatic carbocycles. The van der Waals surface area contributed by atoms with Crippen LogP contribution in [-0.2, 0) is 6.42 Å². The van der Waals surface area contributed by atoms with Gasteiger partial charge in [-0.05, 0) is 36.5 Å². The molecule has 1 aliphatic rings. The number of fused-ring (bicyclic) bond motifs is 1. The molecule has 0 aliphatic heterocycles. The minimum Gasteiger partial charge on any atom is -0.0840 e. The van der Waals surface area contributed by atoms with Gasteiger partial charge in [-0.1, -0.05) is 42.3 Å². The van der Waals surface area contributed by atoms with Crippen LogP contribution in [0.15, 0.2) is 23.8 Å². The van der Waals surface area contributed by atoms with Gasteiger partial charge in [0.1, 0.15) is 0 Å². The summed E-state index contributed by atoms with van der Waals surface area (Å²) in [6.07, 6.45) is 3.33. The molecule has 0 saturated heterocycles. The van der Waals surface area contributed by atoms with Gasteiger partial charge in [0.2, 0.25) is 0 Å². The van der Waals surface area contributed by atoms with E-state index in [1.165, 1.54) is 16.7 Å². The molecule has 0 saturated carbocycles. The van der Waals surface area contributed by atoms with Gasteiger partial charge in [0.25, 0.3) is 0 Å². The third-order valence-corrected chi connectivity index (χ3v) is 3.18. The van der Waals surface area contributed by atoms with Crippen LogP contribution in [0, 0.1) is 5.92 Å². The van der Waals surface area contributed by atoms with Crippen LogP contribution in [0.1, 0.15) is 25.0 Å². The summed E-state index contributed by atoms with van der Waals surface area (Å²) in [6, 6.07) is 6.12. The lowest BCUT2D eigenvalue weighted by Crippen LogP contribution is -2.08. The SMILES string of the molecule is CC1=Cc2cccc(Cl)c2CC1C. The zero-order valence-corrected chi connectivity index (χ0v) is 8.73. The van der Waals surface area contributed by atoms with Gasteiger partial charge in [0, 0.05) is 5.02 Å². The fourth-order valence-electron chi connectivity index (χ4n) is 1.78. The Morgan fingerprint density at radius 1 is 1.38 bits per heavy atom. The summed E-state index contributed by atoms with van der Waals surface area (Å²) in [5.41, 5.74) is 4.06. The molecule has 0 radical (unpaired) electrons. The summed E-state index contributed by atoms with van der Waals surface area (Å²) in [7, 11) is 0. The van der Waals surface area contributed by atoms with Gasteiger partial charge in [0.15, 0.2) is 0 Å². The molecular weight excluding hydrogens is 180 g/mol. The minimum atomic E-state index is 0.632. The third kappa shape index (κ3) is 1.51. The molecule has 2 rings (SSSR count). The van der Waals surface area contributed by atoms with Gasteiger partial charge in [-0.25, -0.2) is 0 Å². The summed E-state index contributed by atoms with van der Waals surface area (Å²) in [6.45, 7) is 4.44. The van der Waals surface area contributed by atoms with Crippen molar-refractivity contribution in [1.82, 2.24) is 0 Å². The van der Waals surface area contributed by atoms with Crippen LogP contribution in [0.5, 0.6) is 0 Å². The first-order valence-corrected chi connectivity index (χ1v) is 5.02. The predicted molar refractivity (Wildman–Crippen MR) is 58.0 cm³/mol. The summed E-state index contributed by atoms with van der Waals surface area (Å²) in [5, 5.41) is 0.910. The Balaban J connectivity index is 2.56. The van der Waals surface area contributed by atoms with Crippen molar-refractivity contribution in [2.75, 3.05) is 0 Å². The van der Waals surface area contributed by atoms with Crippen LogP contribution in [0.4, 0.5) is 0 Å². The predicted octanol–water partition coefficient (Wildman–Crippen LogP) is 3.94. The van der Waals surface area contributed by atoms with E-state index in [1.54, 1.807) is 0 Å². The van der Waals surface area contributed by atoms with Gasteiger partial charge in [-0.2, -0.15) is 0 Å². The first kappa shape index (κ1) is 8.83. The van der Waals surface area contributed by atoms with Gasteiger partial charge in [0.05, 0.1) is 0 Å². The van der Waals surface area contributed by atoms with E-state index < -0.39 is 0 Å². The Bertz CT molecular complexity index is 363. The number of halogens is 1. The maximum Gasteiger partial charge on any atom is 0.0444 e. The van der Waals surface area contributed by atoms with E-state index in [0.717, 1.165) is 11.4 Å². The van der Waals surface area contributed by atoms with E-state index in [2.05, 4.69) is 26.0 Å². The quantitative estimate of drug-likeness (QED) is 0.584. The van der Waals surface area contributed by atoms with Crippen LogP contribution in [0.3, 0.4) is 0 Å². The first-order chi connectivity index (χ1) is 6.18. The van der Waals surface area contributed by atoms with Gasteiger partial charge in [-0.3, -0.25) is 0 Å². The average molecular weight is 193 g/mol. The lowest BCUT2D eigenvalue weighted by Gasteiger charge is -2.21. The summed E-state index contributed by atoms with van der Waals surface area (Å²) in [5.74, 6) is 0.632. The van der Waals surface area contributed by atoms with Crippen LogP contribution < -0.4 is 0 Å². The number of allylic oxidation sites excluding steroid dienone is 1. The molecule has 0 N–H and O–H groups in total. The Morgan fingerprint density at radius 3 is 2.92 bits per heavy atom. The highest BCUT2D eigenvalue weighted by Crippen LogP contribution is 2.32. The van der Waals surface area contributed by atoms with Crippen molar-refractivity contribution in [3.63, 3.8) is 0 Å². The molecule has 0 amide bonds. The molecule has 1 heteroatoms. The molecular formula is C12H13Cl. The fourth-order valence-corrected chi connectivity index (χ4v) is 2.04. The van der Waals surface area contributed by atoms with Crippen molar-refractivity contribution in [2.45, 2.75) is 20.3 Å². The van der Waals surface area contributed by atoms with E-state index >= 15 is 0 Å². The molecule has 0 spiro atoms. The van der Waals surface area contributed by atoms with E-state index in [1.807, 2.05) is 12.1 Å². The average Bonchev–Trinajstić information content (AvgIpc) is 2.09. The molecule has 0 heterocycles. The number of hydrogen-bond acceptors (Lipinski definition) is 0. The Labute approximate surface area is 84.2 Å². The van der Waals surface area contributed by atoms with Crippen LogP contribution >= 0.6 is 11.6 Å². The van der Waals surface area contributed by atoms with E-state index in [-0.39, 0.29) is 0 Å². The van der Waals surface area contributed by atoms with E-state index in [4.69, 9.17) is 11.6 Å². The molecule has 13 heavy (non-hydrogen) atoms. The van der Waals surface area contributed by atoms with Crippen LogP contribution in [0.2, 0.25) is 5.02 Å². The van der Waals surface area contributed by atoms with Gasteiger partial charge < -0.3 is 0 Å². The Hall–Kier alpha value is -0.750. The number of benzene rings is 1. The largest absolute Gasteiger partial charge is 0.0840 e. The standard InChI is InChI=1S/C12H13Cl/c1-8-6-10-4-3-5-12(13)11(10)7-9(8)2/h3-6,9H,7H2,1-2H3. The second kappa shape index (κ2) is 3.19. The van der Waals surface area contributed by atoms with Crippen molar-refractivity contribution < 1.29 is 0 Å². The molecule has 1 aromatic carbocycles. The summed E-state index contributed by atoms with van der Waals surface area (Å²) in [4.78, 5) is 0. The highest BCUT2D eigenvalue weighted by Gasteiger charge is 2.16. The fraction of sp³-hybridized carbons (Fsp3) is 0.333. The molecule has 68 valence electrons. The molecule has 0 aromatic heterocycles. The van der Waals surface area contributed by atoms with Crippen molar-refractivity contribution in [2.24, 2.45) is 5.92 Å². The number of hydrogen-bond donors (Lipinski definition) is 0. The maximum atomic E-state index is 6.13. The van der Waals surface area contributed by atoms with Gasteiger partial charge in [-0.15, -0.1) is 0 Å². The maximum absolute atomic E-state index is 6.13. The molecule has 1 unspecified atom stereocenters. The second-order valence-corrected chi connectivity index (χ2v) is 4.21. The topological polar surface area (TPSA) is 0 Å². The number of rotatable bonds is 0. The third-order valence-electron chi connectivity index (χ3n) is 2.83. The Morgan fingerprint density at radius 2 is 2.15 bits per heavy atom. The minimum absolute atomic E-state index is 0.632. The molecule has 1 atom stereocenters. The van der Waals surface area contributed by atoms with E-state index in [0.29, 0.717) is 5.92 Å². The zero-order chi connectivity index (χ0) is 9.42. The normalized spacial score (nSPS) is 20.8. The van der Waals surface area contributed by atoms with Crippen molar-refractivity contribution in [1.29, 1.82) is 0 Å². The molecule has 0 fully saturated rings. The first-order valence-electron chi connectivity index (χ1n) is 4.64. The highest BCUT2D eigenvalue weighted by atomic mass is 35.5. The Kier molecular flexibility index (Phi) is 2.17. The van der Waals surface area contributed by atoms with Crippen molar-refractivity contribution in [3.8, 4) is 0 Å². The van der Waals surface area contributed by atoms with Crippen molar-refractivity contribution >= 4 is 17.7 Å². The molecule has 0 nitrogen and oxygen atoms in total. The molecule has 0 bridgehead atoms.